The van der Waals surface area contributed by atoms with Crippen LogP contribution in [-0.4, -0.2) is 62.2 Å². The Kier molecular flexibility index (Phi) is 7.50. The van der Waals surface area contributed by atoms with E-state index in [9.17, 15) is 4.79 Å². The summed E-state index contributed by atoms with van der Waals surface area (Å²) >= 11 is 1.67. The van der Waals surface area contributed by atoms with Crippen molar-refractivity contribution in [1.82, 2.24) is 15.2 Å². The summed E-state index contributed by atoms with van der Waals surface area (Å²) in [6.45, 7) is 9.99. The van der Waals surface area contributed by atoms with Crippen LogP contribution in [0.5, 0.6) is 5.75 Å². The number of amides is 1. The third-order valence-corrected chi connectivity index (χ3v) is 6.57. The molecule has 7 heteroatoms. The topological polar surface area (TPSA) is 57.7 Å². The molecule has 1 aromatic carbocycles. The van der Waals surface area contributed by atoms with Gasteiger partial charge in [0, 0.05) is 19.6 Å². The first-order valence-electron chi connectivity index (χ1n) is 10.3. The van der Waals surface area contributed by atoms with Crippen LogP contribution in [0.2, 0.25) is 0 Å². The summed E-state index contributed by atoms with van der Waals surface area (Å²) in [5.41, 5.74) is 0.990. The summed E-state index contributed by atoms with van der Waals surface area (Å²) in [6.07, 6.45) is 2.98. The Labute approximate surface area is 171 Å². The SMILES string of the molecule is CCN(CC)CCCNC(=O)[C@H]1CCCN(c2nc3ccc(OC)cc3s2)C1. The lowest BCUT2D eigenvalue weighted by Crippen LogP contribution is -2.43. The average molecular weight is 405 g/mol. The van der Waals surface area contributed by atoms with Gasteiger partial charge in [-0.2, -0.15) is 0 Å². The Bertz CT molecular complexity index is 775. The number of fused-ring (bicyclic) bond motifs is 1. The molecule has 1 aliphatic rings. The maximum atomic E-state index is 12.6. The average Bonchev–Trinajstić information content (AvgIpc) is 3.17. The molecule has 2 heterocycles. The van der Waals surface area contributed by atoms with Gasteiger partial charge in [-0.1, -0.05) is 25.2 Å². The summed E-state index contributed by atoms with van der Waals surface area (Å²) in [5, 5.41) is 4.15. The van der Waals surface area contributed by atoms with Crippen LogP contribution in [0.25, 0.3) is 10.2 Å². The van der Waals surface area contributed by atoms with Gasteiger partial charge in [-0.15, -0.1) is 0 Å². The van der Waals surface area contributed by atoms with Crippen molar-refractivity contribution < 1.29 is 9.53 Å². The number of carbonyl (C=O) groups excluding carboxylic acids is 1. The fourth-order valence-electron chi connectivity index (χ4n) is 3.72. The number of anilines is 1. The second-order valence-electron chi connectivity index (χ2n) is 7.29. The van der Waals surface area contributed by atoms with E-state index in [0.29, 0.717) is 0 Å². The summed E-state index contributed by atoms with van der Waals surface area (Å²) < 4.78 is 6.43. The van der Waals surface area contributed by atoms with Gasteiger partial charge in [0.05, 0.1) is 23.2 Å². The molecule has 2 aromatic rings. The molecule has 0 radical (unpaired) electrons. The van der Waals surface area contributed by atoms with Crippen molar-refractivity contribution in [2.75, 3.05) is 51.3 Å². The van der Waals surface area contributed by atoms with Crippen molar-refractivity contribution in [3.05, 3.63) is 18.2 Å². The molecule has 1 aromatic heterocycles. The number of benzene rings is 1. The number of rotatable bonds is 9. The Balaban J connectivity index is 1.54. The highest BCUT2D eigenvalue weighted by Crippen LogP contribution is 2.33. The standard InChI is InChI=1S/C21H32N4O2S/c1-4-24(5-2)12-7-11-22-20(26)16-8-6-13-25(15-16)21-23-18-10-9-17(27-3)14-19(18)28-21/h9-10,14,16H,4-8,11-13,15H2,1-3H3,(H,22,26)/t16-/m0/s1. The number of hydrogen-bond acceptors (Lipinski definition) is 6. The van der Waals surface area contributed by atoms with Crippen LogP contribution in [0.4, 0.5) is 5.13 Å². The highest BCUT2D eigenvalue weighted by Gasteiger charge is 2.27. The van der Waals surface area contributed by atoms with E-state index in [4.69, 9.17) is 9.72 Å². The van der Waals surface area contributed by atoms with Crippen LogP contribution in [0.1, 0.15) is 33.1 Å². The van der Waals surface area contributed by atoms with Crippen molar-refractivity contribution in [2.24, 2.45) is 5.92 Å². The van der Waals surface area contributed by atoms with E-state index in [1.807, 2.05) is 18.2 Å². The Morgan fingerprint density at radius 2 is 2.21 bits per heavy atom. The van der Waals surface area contributed by atoms with E-state index in [2.05, 4.69) is 29.0 Å². The molecule has 6 nitrogen and oxygen atoms in total. The molecule has 1 amide bonds. The van der Waals surface area contributed by atoms with Crippen LogP contribution < -0.4 is 15.0 Å². The van der Waals surface area contributed by atoms with E-state index in [1.165, 1.54) is 0 Å². The Morgan fingerprint density at radius 1 is 1.39 bits per heavy atom. The van der Waals surface area contributed by atoms with Gasteiger partial charge in [-0.25, -0.2) is 4.98 Å². The molecule has 1 aliphatic heterocycles. The zero-order chi connectivity index (χ0) is 19.9. The molecule has 1 fully saturated rings. The molecule has 0 spiro atoms. The Hall–Kier alpha value is -1.86. The lowest BCUT2D eigenvalue weighted by atomic mass is 9.97. The smallest absolute Gasteiger partial charge is 0.224 e. The summed E-state index contributed by atoms with van der Waals surface area (Å²) in [5.74, 6) is 1.08. The third kappa shape index (κ3) is 5.14. The largest absolute Gasteiger partial charge is 0.497 e. The highest BCUT2D eigenvalue weighted by atomic mass is 32.1. The zero-order valence-corrected chi connectivity index (χ0v) is 18.1. The fraction of sp³-hybridized carbons (Fsp3) is 0.619. The van der Waals surface area contributed by atoms with Crippen molar-refractivity contribution in [3.8, 4) is 5.75 Å². The van der Waals surface area contributed by atoms with E-state index >= 15 is 0 Å². The van der Waals surface area contributed by atoms with Gasteiger partial charge in [-0.05, 0) is 57.1 Å². The van der Waals surface area contributed by atoms with Crippen LogP contribution in [-0.2, 0) is 4.79 Å². The van der Waals surface area contributed by atoms with Crippen molar-refractivity contribution in [2.45, 2.75) is 33.1 Å². The molecule has 0 bridgehead atoms. The number of nitrogens with one attached hydrogen (secondary N) is 1. The summed E-state index contributed by atoms with van der Waals surface area (Å²) in [7, 11) is 1.68. The molecule has 0 unspecified atom stereocenters. The molecule has 1 N–H and O–H groups in total. The molecule has 0 aliphatic carbocycles. The number of hydrogen-bond donors (Lipinski definition) is 1. The van der Waals surface area contributed by atoms with Crippen LogP contribution in [0, 0.1) is 5.92 Å². The van der Waals surface area contributed by atoms with Crippen LogP contribution in [0.3, 0.4) is 0 Å². The molecule has 154 valence electrons. The molecule has 28 heavy (non-hydrogen) atoms. The van der Waals surface area contributed by atoms with E-state index in [0.717, 1.165) is 79.6 Å². The maximum absolute atomic E-state index is 12.6. The maximum Gasteiger partial charge on any atom is 0.224 e. The van der Waals surface area contributed by atoms with E-state index in [1.54, 1.807) is 18.4 Å². The number of methoxy groups -OCH3 is 1. The van der Waals surface area contributed by atoms with Gasteiger partial charge in [0.2, 0.25) is 5.91 Å². The number of nitrogens with zero attached hydrogens (tertiary/aromatic N) is 3. The van der Waals surface area contributed by atoms with Gasteiger partial charge >= 0.3 is 0 Å². The zero-order valence-electron chi connectivity index (χ0n) is 17.2. The number of aromatic nitrogens is 1. The summed E-state index contributed by atoms with van der Waals surface area (Å²) in [4.78, 5) is 22.1. The van der Waals surface area contributed by atoms with E-state index in [-0.39, 0.29) is 11.8 Å². The van der Waals surface area contributed by atoms with E-state index < -0.39 is 0 Å². The van der Waals surface area contributed by atoms with Crippen molar-refractivity contribution >= 4 is 32.6 Å². The normalized spacial score (nSPS) is 17.3. The van der Waals surface area contributed by atoms with Gasteiger partial charge in [0.15, 0.2) is 5.13 Å². The lowest BCUT2D eigenvalue weighted by Gasteiger charge is -2.31. The fourth-order valence-corrected chi connectivity index (χ4v) is 4.75. The number of thiazole rings is 1. The monoisotopic (exact) mass is 404 g/mol. The quantitative estimate of drug-likeness (QED) is 0.650. The predicted molar refractivity (Wildman–Crippen MR) is 117 cm³/mol. The number of carbonyl (C=O) groups is 1. The van der Waals surface area contributed by atoms with Gasteiger partial charge in [-0.3, -0.25) is 4.79 Å². The molecule has 0 saturated carbocycles. The van der Waals surface area contributed by atoms with Gasteiger partial charge < -0.3 is 19.9 Å². The second-order valence-corrected chi connectivity index (χ2v) is 8.30. The van der Waals surface area contributed by atoms with Crippen LogP contribution in [0.15, 0.2) is 18.2 Å². The third-order valence-electron chi connectivity index (χ3n) is 5.49. The first-order chi connectivity index (χ1) is 13.6. The van der Waals surface area contributed by atoms with Crippen molar-refractivity contribution in [3.63, 3.8) is 0 Å². The molecule has 3 rings (SSSR count). The minimum Gasteiger partial charge on any atom is -0.497 e. The summed E-state index contributed by atoms with van der Waals surface area (Å²) in [6, 6.07) is 5.97. The first-order valence-corrected chi connectivity index (χ1v) is 11.2. The number of ether oxygens (including phenoxy) is 1. The molecular formula is C21H32N4O2S. The predicted octanol–water partition coefficient (Wildman–Crippen LogP) is 3.37. The van der Waals surface area contributed by atoms with Gasteiger partial charge in [0.1, 0.15) is 5.75 Å². The minimum atomic E-state index is 0.0451. The van der Waals surface area contributed by atoms with Crippen molar-refractivity contribution in [1.29, 1.82) is 0 Å². The highest BCUT2D eigenvalue weighted by molar-refractivity contribution is 7.22. The lowest BCUT2D eigenvalue weighted by molar-refractivity contribution is -0.125. The molecule has 1 saturated heterocycles. The Morgan fingerprint density at radius 3 is 2.96 bits per heavy atom. The first kappa shape index (κ1) is 20.9. The minimum absolute atomic E-state index is 0.0451. The number of piperidine rings is 1. The van der Waals surface area contributed by atoms with Crippen LogP contribution >= 0.6 is 11.3 Å². The molecular weight excluding hydrogens is 372 g/mol. The second kappa shape index (κ2) is 10.1. The van der Waals surface area contributed by atoms with Gasteiger partial charge in [0.25, 0.3) is 0 Å². The molecule has 1 atom stereocenters.